The number of carboxylic acid groups (broad SMARTS) is 1. The Morgan fingerprint density at radius 1 is 0.741 bits per heavy atom. The highest BCUT2D eigenvalue weighted by Crippen LogP contribution is 2.11. The van der Waals surface area contributed by atoms with Crippen LogP contribution in [0.4, 0.5) is 0 Å². The van der Waals surface area contributed by atoms with E-state index in [9.17, 15) is 19.2 Å². The van der Waals surface area contributed by atoms with Crippen LogP contribution in [0.1, 0.15) is 73.6 Å². The van der Waals surface area contributed by atoms with E-state index in [4.69, 9.17) is 14.6 Å². The zero-order chi connectivity index (χ0) is 21.3. The van der Waals surface area contributed by atoms with Crippen molar-refractivity contribution < 1.29 is 33.8 Å². The van der Waals surface area contributed by atoms with Gasteiger partial charge in [-0.1, -0.05) is 0 Å². The van der Waals surface area contributed by atoms with Gasteiger partial charge in [-0.2, -0.15) is 0 Å². The fourth-order valence-corrected chi connectivity index (χ4v) is 2.15. The lowest BCUT2D eigenvalue weighted by molar-refractivity contribution is -0.155. The predicted octanol–water partition coefficient (Wildman–Crippen LogP) is 2.53. The molecular weight excluding hydrogens is 354 g/mol. The maximum Gasteiger partial charge on any atom is 0.308 e. The third-order valence-corrected chi connectivity index (χ3v) is 3.15. The van der Waals surface area contributed by atoms with Crippen molar-refractivity contribution in [3.05, 3.63) is 0 Å². The zero-order valence-corrected chi connectivity index (χ0v) is 17.3. The first-order valence-electron chi connectivity index (χ1n) is 9.13. The van der Waals surface area contributed by atoms with Crippen molar-refractivity contribution in [3.63, 3.8) is 0 Å². The minimum Gasteiger partial charge on any atom is -0.481 e. The Balaban J connectivity index is 4.73. The van der Waals surface area contributed by atoms with Gasteiger partial charge in [0.1, 0.15) is 11.2 Å². The fraction of sp³-hybridized carbons (Fsp3) is 0.789. The molecule has 0 bridgehead atoms. The van der Waals surface area contributed by atoms with Crippen LogP contribution in [0.3, 0.4) is 0 Å². The average Bonchev–Trinajstić information content (AvgIpc) is 2.42. The Labute approximate surface area is 161 Å². The minimum atomic E-state index is -0.975. The molecule has 8 nitrogen and oxygen atoms in total. The summed E-state index contributed by atoms with van der Waals surface area (Å²) < 4.78 is 10.5. The highest BCUT2D eigenvalue weighted by atomic mass is 16.6. The molecule has 1 N–H and O–H groups in total. The molecular formula is C19H33NO7. The molecule has 156 valence electrons. The van der Waals surface area contributed by atoms with Gasteiger partial charge >= 0.3 is 17.9 Å². The largest absolute Gasteiger partial charge is 0.481 e. The van der Waals surface area contributed by atoms with Gasteiger partial charge in [0.15, 0.2) is 0 Å². The second-order valence-electron chi connectivity index (χ2n) is 8.30. The smallest absolute Gasteiger partial charge is 0.308 e. The van der Waals surface area contributed by atoms with E-state index in [1.165, 1.54) is 4.90 Å². The minimum absolute atomic E-state index is 0.00371. The number of aliphatic carboxylic acids is 1. The predicted molar refractivity (Wildman–Crippen MR) is 99.0 cm³/mol. The van der Waals surface area contributed by atoms with Crippen LogP contribution >= 0.6 is 0 Å². The van der Waals surface area contributed by atoms with E-state index in [1.807, 2.05) is 0 Å². The number of amides is 1. The van der Waals surface area contributed by atoms with Gasteiger partial charge in [0.25, 0.3) is 0 Å². The fourth-order valence-electron chi connectivity index (χ4n) is 2.15. The molecule has 0 aromatic heterocycles. The zero-order valence-electron chi connectivity index (χ0n) is 17.3. The van der Waals surface area contributed by atoms with E-state index in [2.05, 4.69) is 0 Å². The third kappa shape index (κ3) is 14.7. The first-order chi connectivity index (χ1) is 12.2. The van der Waals surface area contributed by atoms with Gasteiger partial charge in [0.05, 0.1) is 12.8 Å². The van der Waals surface area contributed by atoms with Crippen LogP contribution in [0.15, 0.2) is 0 Å². The molecule has 0 rings (SSSR count). The topological polar surface area (TPSA) is 110 Å². The summed E-state index contributed by atoms with van der Waals surface area (Å²) in [5, 5.41) is 8.69. The maximum atomic E-state index is 12.3. The first-order valence-corrected chi connectivity index (χ1v) is 9.13. The molecule has 0 saturated heterocycles. The van der Waals surface area contributed by atoms with Crippen molar-refractivity contribution in [1.29, 1.82) is 0 Å². The number of carboxylic acids is 1. The van der Waals surface area contributed by atoms with Gasteiger partial charge < -0.3 is 19.5 Å². The second-order valence-corrected chi connectivity index (χ2v) is 8.30. The molecule has 1 amide bonds. The number of rotatable bonds is 10. The van der Waals surface area contributed by atoms with Crippen molar-refractivity contribution >= 4 is 23.8 Å². The Morgan fingerprint density at radius 3 is 1.48 bits per heavy atom. The van der Waals surface area contributed by atoms with Crippen molar-refractivity contribution in [3.8, 4) is 0 Å². The summed E-state index contributed by atoms with van der Waals surface area (Å²) in [4.78, 5) is 48.1. The van der Waals surface area contributed by atoms with E-state index < -0.39 is 29.1 Å². The number of hydrogen-bond acceptors (Lipinski definition) is 6. The van der Waals surface area contributed by atoms with Crippen LogP contribution in [0.2, 0.25) is 0 Å². The van der Waals surface area contributed by atoms with Crippen molar-refractivity contribution in [2.24, 2.45) is 0 Å². The summed E-state index contributed by atoms with van der Waals surface area (Å²) in [5.74, 6) is -2.16. The quantitative estimate of drug-likeness (QED) is 0.573. The average molecular weight is 387 g/mol. The Bertz CT molecular complexity index is 497. The molecule has 0 unspecified atom stereocenters. The van der Waals surface area contributed by atoms with Gasteiger partial charge in [-0.15, -0.1) is 0 Å². The summed E-state index contributed by atoms with van der Waals surface area (Å²) in [5.41, 5.74) is -1.24. The van der Waals surface area contributed by atoms with E-state index in [0.717, 1.165) is 0 Å². The lowest BCUT2D eigenvalue weighted by atomic mass is 10.2. The Morgan fingerprint density at radius 2 is 1.15 bits per heavy atom. The van der Waals surface area contributed by atoms with Crippen molar-refractivity contribution in [1.82, 2.24) is 4.90 Å². The Kier molecular flexibility index (Phi) is 10.0. The molecule has 0 atom stereocenters. The molecule has 0 aromatic rings. The van der Waals surface area contributed by atoms with E-state index in [1.54, 1.807) is 41.5 Å². The molecule has 0 fully saturated rings. The first kappa shape index (κ1) is 24.9. The molecule has 0 aliphatic carbocycles. The summed E-state index contributed by atoms with van der Waals surface area (Å²) in [6, 6.07) is 0. The van der Waals surface area contributed by atoms with Crippen LogP contribution < -0.4 is 0 Å². The summed E-state index contributed by atoms with van der Waals surface area (Å²) in [6.45, 7) is 10.7. The van der Waals surface area contributed by atoms with Crippen molar-refractivity contribution in [2.45, 2.75) is 84.8 Å². The molecule has 0 heterocycles. The van der Waals surface area contributed by atoms with Gasteiger partial charge in [-0.05, 0) is 48.0 Å². The molecule has 0 aliphatic rings. The summed E-state index contributed by atoms with van der Waals surface area (Å²) in [6.07, 6.45) is 0.114. The number of ether oxygens (including phenoxy) is 2. The molecule has 0 aromatic carbocycles. The van der Waals surface area contributed by atoms with Crippen LogP contribution in [0, 0.1) is 0 Å². The molecule has 0 saturated carbocycles. The number of hydrogen-bond donors (Lipinski definition) is 1. The molecule has 0 radical (unpaired) electrons. The van der Waals surface area contributed by atoms with E-state index >= 15 is 0 Å². The summed E-state index contributed by atoms with van der Waals surface area (Å²) >= 11 is 0. The molecule has 8 heteroatoms. The monoisotopic (exact) mass is 387 g/mol. The SMILES string of the molecule is CC(C)(C)OC(=O)CCN(CCC(=O)OC(C)(C)C)C(=O)CCCC(=O)O. The number of nitrogens with zero attached hydrogens (tertiary/aromatic N) is 1. The lowest BCUT2D eigenvalue weighted by Crippen LogP contribution is -2.36. The second kappa shape index (κ2) is 10.9. The van der Waals surface area contributed by atoms with Gasteiger partial charge in [0.2, 0.25) is 5.91 Å². The maximum absolute atomic E-state index is 12.3. The van der Waals surface area contributed by atoms with Gasteiger partial charge in [-0.25, -0.2) is 0 Å². The van der Waals surface area contributed by atoms with Gasteiger partial charge in [0, 0.05) is 25.9 Å². The number of carbonyl (C=O) groups excluding carboxylic acids is 3. The van der Waals surface area contributed by atoms with Gasteiger partial charge in [-0.3, -0.25) is 19.2 Å². The Hall–Kier alpha value is -2.12. The highest BCUT2D eigenvalue weighted by molar-refractivity contribution is 5.79. The normalized spacial score (nSPS) is 11.6. The number of carbonyl (C=O) groups is 4. The van der Waals surface area contributed by atoms with Crippen LogP contribution in [0.25, 0.3) is 0 Å². The molecule has 0 spiro atoms. The number of esters is 2. The van der Waals surface area contributed by atoms with Crippen LogP contribution in [-0.4, -0.2) is 58.1 Å². The van der Waals surface area contributed by atoms with E-state index in [0.29, 0.717) is 0 Å². The lowest BCUT2D eigenvalue weighted by Gasteiger charge is -2.25. The summed E-state index contributed by atoms with van der Waals surface area (Å²) in [7, 11) is 0. The molecule has 0 aliphatic heterocycles. The standard InChI is InChI=1S/C19H33NO7/c1-18(2,3)26-16(24)10-12-20(14(21)8-7-9-15(22)23)13-11-17(25)27-19(4,5)6/h7-13H2,1-6H3,(H,22,23). The highest BCUT2D eigenvalue weighted by Gasteiger charge is 2.22. The van der Waals surface area contributed by atoms with Crippen LogP contribution in [-0.2, 0) is 28.7 Å². The van der Waals surface area contributed by atoms with E-state index in [-0.39, 0.29) is 51.1 Å². The molecule has 27 heavy (non-hydrogen) atoms. The van der Waals surface area contributed by atoms with Crippen LogP contribution in [0.5, 0.6) is 0 Å². The third-order valence-electron chi connectivity index (χ3n) is 3.15. The van der Waals surface area contributed by atoms with Crippen molar-refractivity contribution in [2.75, 3.05) is 13.1 Å².